The molecule has 0 saturated carbocycles. The van der Waals surface area contributed by atoms with Crippen LogP contribution in [0.15, 0.2) is 30.3 Å². The van der Waals surface area contributed by atoms with Crippen LogP contribution in [0.25, 0.3) is 0 Å². The summed E-state index contributed by atoms with van der Waals surface area (Å²) in [7, 11) is 0. The summed E-state index contributed by atoms with van der Waals surface area (Å²) in [5.41, 5.74) is 1.27. The van der Waals surface area contributed by atoms with Crippen molar-refractivity contribution in [3.63, 3.8) is 0 Å². The summed E-state index contributed by atoms with van der Waals surface area (Å²) in [6.45, 7) is 3.03. The minimum Gasteiger partial charge on any atom is -0.480 e. The van der Waals surface area contributed by atoms with E-state index < -0.39 is 5.97 Å². The molecule has 2 rings (SSSR count). The molecule has 3 heteroatoms. The SMILES string of the molecule is CC(Cc1ccccc1)N1CCCC1C(=O)O. The van der Waals surface area contributed by atoms with Crippen molar-refractivity contribution in [2.75, 3.05) is 6.54 Å². The number of rotatable bonds is 4. The Bertz CT molecular complexity index is 377. The molecule has 1 aliphatic rings. The van der Waals surface area contributed by atoms with E-state index in [4.69, 9.17) is 5.11 Å². The Morgan fingerprint density at radius 2 is 2.18 bits per heavy atom. The van der Waals surface area contributed by atoms with Gasteiger partial charge in [-0.05, 0) is 38.3 Å². The topological polar surface area (TPSA) is 40.5 Å². The highest BCUT2D eigenvalue weighted by Crippen LogP contribution is 2.22. The standard InChI is InChI=1S/C14H19NO2/c1-11(10-12-6-3-2-4-7-12)15-9-5-8-13(15)14(16)17/h2-4,6-7,11,13H,5,8-10H2,1H3,(H,16,17). The molecule has 0 radical (unpaired) electrons. The number of hydrogen-bond acceptors (Lipinski definition) is 2. The summed E-state index contributed by atoms with van der Waals surface area (Å²) in [4.78, 5) is 13.2. The lowest BCUT2D eigenvalue weighted by Gasteiger charge is -2.28. The lowest BCUT2D eigenvalue weighted by atomic mass is 10.1. The Morgan fingerprint density at radius 1 is 1.47 bits per heavy atom. The molecule has 1 aliphatic heterocycles. The summed E-state index contributed by atoms with van der Waals surface area (Å²) >= 11 is 0. The maximum absolute atomic E-state index is 11.1. The Balaban J connectivity index is 2.00. The van der Waals surface area contributed by atoms with E-state index in [0.29, 0.717) is 6.04 Å². The molecule has 1 saturated heterocycles. The average molecular weight is 233 g/mol. The zero-order valence-electron chi connectivity index (χ0n) is 10.2. The smallest absolute Gasteiger partial charge is 0.320 e. The summed E-state index contributed by atoms with van der Waals surface area (Å²) in [6, 6.07) is 10.3. The second-order valence-electron chi connectivity index (χ2n) is 4.77. The summed E-state index contributed by atoms with van der Waals surface area (Å²) in [6.07, 6.45) is 2.70. The predicted molar refractivity (Wildman–Crippen MR) is 67.0 cm³/mol. The fraction of sp³-hybridized carbons (Fsp3) is 0.500. The Hall–Kier alpha value is -1.35. The second-order valence-corrected chi connectivity index (χ2v) is 4.77. The van der Waals surface area contributed by atoms with Crippen molar-refractivity contribution in [1.29, 1.82) is 0 Å². The van der Waals surface area contributed by atoms with Gasteiger partial charge in [-0.1, -0.05) is 30.3 Å². The van der Waals surface area contributed by atoms with Crippen LogP contribution >= 0.6 is 0 Å². The fourth-order valence-electron chi connectivity index (χ4n) is 2.65. The van der Waals surface area contributed by atoms with Crippen molar-refractivity contribution in [3.05, 3.63) is 35.9 Å². The lowest BCUT2D eigenvalue weighted by Crippen LogP contribution is -2.42. The molecule has 2 atom stereocenters. The van der Waals surface area contributed by atoms with E-state index in [2.05, 4.69) is 24.0 Å². The van der Waals surface area contributed by atoms with Gasteiger partial charge in [0.25, 0.3) is 0 Å². The van der Waals surface area contributed by atoms with Gasteiger partial charge in [-0.2, -0.15) is 0 Å². The van der Waals surface area contributed by atoms with Crippen LogP contribution in [0.4, 0.5) is 0 Å². The van der Waals surface area contributed by atoms with E-state index in [0.717, 1.165) is 25.8 Å². The molecule has 3 nitrogen and oxygen atoms in total. The van der Waals surface area contributed by atoms with Crippen LogP contribution in [0.2, 0.25) is 0 Å². The first-order chi connectivity index (χ1) is 8.18. The molecule has 1 aromatic carbocycles. The van der Waals surface area contributed by atoms with E-state index in [1.807, 2.05) is 18.2 Å². The van der Waals surface area contributed by atoms with Crippen LogP contribution in [0.3, 0.4) is 0 Å². The molecule has 0 bridgehead atoms. The third kappa shape index (κ3) is 2.86. The van der Waals surface area contributed by atoms with Gasteiger partial charge in [0.1, 0.15) is 6.04 Å². The predicted octanol–water partition coefficient (Wildman–Crippen LogP) is 2.17. The first kappa shape index (κ1) is 12.1. The van der Waals surface area contributed by atoms with Crippen LogP contribution < -0.4 is 0 Å². The van der Waals surface area contributed by atoms with Crippen LogP contribution in [0.5, 0.6) is 0 Å². The Labute approximate surface area is 102 Å². The van der Waals surface area contributed by atoms with E-state index >= 15 is 0 Å². The minimum absolute atomic E-state index is 0.284. The van der Waals surface area contributed by atoms with Crippen molar-refractivity contribution in [2.24, 2.45) is 0 Å². The second kappa shape index (κ2) is 5.32. The molecule has 0 aliphatic carbocycles. The quantitative estimate of drug-likeness (QED) is 0.866. The molecule has 92 valence electrons. The molecule has 17 heavy (non-hydrogen) atoms. The van der Waals surface area contributed by atoms with Crippen LogP contribution in [0, 0.1) is 0 Å². The number of carbonyl (C=O) groups is 1. The molecule has 1 aromatic rings. The first-order valence-corrected chi connectivity index (χ1v) is 6.21. The van der Waals surface area contributed by atoms with Gasteiger partial charge in [0.2, 0.25) is 0 Å². The van der Waals surface area contributed by atoms with Gasteiger partial charge in [-0.25, -0.2) is 0 Å². The highest BCUT2D eigenvalue weighted by atomic mass is 16.4. The highest BCUT2D eigenvalue weighted by molar-refractivity contribution is 5.73. The molecule has 1 fully saturated rings. The van der Waals surface area contributed by atoms with Gasteiger partial charge in [-0.15, -0.1) is 0 Å². The number of aliphatic carboxylic acids is 1. The van der Waals surface area contributed by atoms with E-state index in [1.54, 1.807) is 0 Å². The third-order valence-corrected chi connectivity index (χ3v) is 3.52. The minimum atomic E-state index is -0.678. The Kier molecular flexibility index (Phi) is 3.79. The van der Waals surface area contributed by atoms with Gasteiger partial charge in [0, 0.05) is 6.04 Å². The largest absolute Gasteiger partial charge is 0.480 e. The fourth-order valence-corrected chi connectivity index (χ4v) is 2.65. The molecule has 2 unspecified atom stereocenters. The molecular formula is C14H19NO2. The van der Waals surface area contributed by atoms with Gasteiger partial charge in [-0.3, -0.25) is 9.69 Å². The van der Waals surface area contributed by atoms with Crippen molar-refractivity contribution in [2.45, 2.75) is 38.3 Å². The average Bonchev–Trinajstić information content (AvgIpc) is 2.79. The first-order valence-electron chi connectivity index (χ1n) is 6.21. The van der Waals surface area contributed by atoms with Crippen molar-refractivity contribution >= 4 is 5.97 Å². The number of nitrogens with zero attached hydrogens (tertiary/aromatic N) is 1. The number of hydrogen-bond donors (Lipinski definition) is 1. The number of carboxylic acid groups (broad SMARTS) is 1. The number of carboxylic acids is 1. The Morgan fingerprint density at radius 3 is 2.82 bits per heavy atom. The molecule has 1 heterocycles. The van der Waals surface area contributed by atoms with Gasteiger partial charge < -0.3 is 5.11 Å². The maximum atomic E-state index is 11.1. The van der Waals surface area contributed by atoms with E-state index in [1.165, 1.54) is 5.56 Å². The van der Waals surface area contributed by atoms with E-state index in [-0.39, 0.29) is 6.04 Å². The maximum Gasteiger partial charge on any atom is 0.320 e. The molecule has 1 N–H and O–H groups in total. The van der Waals surface area contributed by atoms with Crippen molar-refractivity contribution in [1.82, 2.24) is 4.90 Å². The summed E-state index contributed by atoms with van der Waals surface area (Å²) in [5.74, 6) is -0.678. The number of benzene rings is 1. The van der Waals surface area contributed by atoms with E-state index in [9.17, 15) is 4.79 Å². The molecule has 0 spiro atoms. The van der Waals surface area contributed by atoms with Gasteiger partial charge >= 0.3 is 5.97 Å². The highest BCUT2D eigenvalue weighted by Gasteiger charge is 2.33. The molecular weight excluding hydrogens is 214 g/mol. The van der Waals surface area contributed by atoms with Crippen LogP contribution in [0.1, 0.15) is 25.3 Å². The van der Waals surface area contributed by atoms with Gasteiger partial charge in [0.15, 0.2) is 0 Å². The normalized spacial score (nSPS) is 22.5. The van der Waals surface area contributed by atoms with Crippen molar-refractivity contribution < 1.29 is 9.90 Å². The lowest BCUT2D eigenvalue weighted by molar-refractivity contribution is -0.142. The zero-order valence-corrected chi connectivity index (χ0v) is 10.2. The van der Waals surface area contributed by atoms with Gasteiger partial charge in [0.05, 0.1) is 0 Å². The van der Waals surface area contributed by atoms with Crippen LogP contribution in [-0.2, 0) is 11.2 Å². The molecule has 0 aromatic heterocycles. The third-order valence-electron chi connectivity index (χ3n) is 3.52. The zero-order chi connectivity index (χ0) is 12.3. The van der Waals surface area contributed by atoms with Crippen molar-refractivity contribution in [3.8, 4) is 0 Å². The van der Waals surface area contributed by atoms with Crippen LogP contribution in [-0.4, -0.2) is 34.6 Å². The summed E-state index contributed by atoms with van der Waals surface area (Å²) < 4.78 is 0. The number of likely N-dealkylation sites (tertiary alicyclic amines) is 1. The summed E-state index contributed by atoms with van der Waals surface area (Å²) in [5, 5.41) is 9.16. The monoisotopic (exact) mass is 233 g/mol. The molecule has 0 amide bonds.